The first kappa shape index (κ1) is 18.7. The first-order chi connectivity index (χ1) is 13.6. The van der Waals surface area contributed by atoms with E-state index in [-0.39, 0.29) is 5.91 Å². The lowest BCUT2D eigenvalue weighted by Gasteiger charge is -2.35. The third-order valence-electron chi connectivity index (χ3n) is 5.76. The Morgan fingerprint density at radius 1 is 1.11 bits per heavy atom. The molecule has 0 N–H and O–H groups in total. The van der Waals surface area contributed by atoms with Gasteiger partial charge in [0.2, 0.25) is 5.91 Å². The summed E-state index contributed by atoms with van der Waals surface area (Å²) >= 11 is 0. The molecule has 0 unspecified atom stereocenters. The molecule has 0 spiro atoms. The van der Waals surface area contributed by atoms with E-state index in [1.807, 2.05) is 48.2 Å². The van der Waals surface area contributed by atoms with Gasteiger partial charge in [-0.05, 0) is 37.3 Å². The smallest absolute Gasteiger partial charge is 0.246 e. The zero-order valence-corrected chi connectivity index (χ0v) is 16.8. The first-order valence-electron chi connectivity index (χ1n) is 10.2. The zero-order chi connectivity index (χ0) is 19.5. The van der Waals surface area contributed by atoms with E-state index in [1.54, 1.807) is 6.08 Å². The van der Waals surface area contributed by atoms with Gasteiger partial charge in [0.05, 0.1) is 12.2 Å². The minimum atomic E-state index is 0.0493. The van der Waals surface area contributed by atoms with Crippen LogP contribution >= 0.6 is 0 Å². The number of aromatic nitrogens is 2. The summed E-state index contributed by atoms with van der Waals surface area (Å²) in [6.07, 6.45) is 6.75. The van der Waals surface area contributed by atoms with Crippen LogP contribution in [0.3, 0.4) is 0 Å². The normalized spacial score (nSPS) is 17.8. The van der Waals surface area contributed by atoms with Crippen molar-refractivity contribution in [1.29, 1.82) is 0 Å². The molecular formula is C23H28N4O. The van der Waals surface area contributed by atoms with Crippen LogP contribution in [0.5, 0.6) is 0 Å². The second kappa shape index (κ2) is 8.13. The number of hydrogen-bond donors (Lipinski definition) is 0. The maximum Gasteiger partial charge on any atom is 0.246 e. The predicted octanol–water partition coefficient (Wildman–Crippen LogP) is 3.62. The van der Waals surface area contributed by atoms with E-state index in [2.05, 4.69) is 16.8 Å². The highest BCUT2D eigenvalue weighted by atomic mass is 16.2. The Morgan fingerprint density at radius 2 is 1.86 bits per heavy atom. The topological polar surface area (TPSA) is 49.3 Å². The number of fused-ring (bicyclic) bond motifs is 1. The van der Waals surface area contributed by atoms with Crippen molar-refractivity contribution in [3.63, 3.8) is 0 Å². The predicted molar refractivity (Wildman–Crippen MR) is 112 cm³/mol. The molecule has 0 radical (unpaired) electrons. The number of piperidine rings is 1. The molecule has 4 rings (SSSR count). The monoisotopic (exact) mass is 376 g/mol. The molecule has 2 aliphatic rings. The minimum Gasteiger partial charge on any atom is -0.356 e. The van der Waals surface area contributed by atoms with Gasteiger partial charge in [-0.3, -0.25) is 4.79 Å². The Morgan fingerprint density at radius 3 is 2.61 bits per heavy atom. The van der Waals surface area contributed by atoms with Gasteiger partial charge in [0.25, 0.3) is 0 Å². The van der Waals surface area contributed by atoms with Gasteiger partial charge < -0.3 is 9.80 Å². The summed E-state index contributed by atoms with van der Waals surface area (Å²) in [5.41, 5.74) is 3.28. The number of amides is 1. The molecule has 1 amide bonds. The summed E-state index contributed by atoms with van der Waals surface area (Å²) in [6.45, 7) is 7.65. The molecule has 2 aromatic rings. The van der Waals surface area contributed by atoms with Gasteiger partial charge in [-0.15, -0.1) is 0 Å². The van der Waals surface area contributed by atoms with Crippen LogP contribution in [-0.2, 0) is 17.8 Å². The Balaban J connectivity index is 1.54. The van der Waals surface area contributed by atoms with Crippen molar-refractivity contribution >= 4 is 17.8 Å². The summed E-state index contributed by atoms with van der Waals surface area (Å²) in [4.78, 5) is 26.5. The zero-order valence-electron chi connectivity index (χ0n) is 16.8. The molecule has 1 saturated heterocycles. The van der Waals surface area contributed by atoms with E-state index < -0.39 is 0 Å². The minimum absolute atomic E-state index is 0.0493. The van der Waals surface area contributed by atoms with E-state index in [9.17, 15) is 4.79 Å². The van der Waals surface area contributed by atoms with Crippen LogP contribution in [0.1, 0.15) is 42.4 Å². The number of carbonyl (C=O) groups is 1. The van der Waals surface area contributed by atoms with Crippen LogP contribution in [0.25, 0.3) is 6.08 Å². The van der Waals surface area contributed by atoms with Gasteiger partial charge in [-0.1, -0.05) is 37.3 Å². The summed E-state index contributed by atoms with van der Waals surface area (Å²) in [5, 5.41) is 0. The Hall–Kier alpha value is -2.69. The van der Waals surface area contributed by atoms with Crippen LogP contribution in [0.2, 0.25) is 0 Å². The molecule has 0 bridgehead atoms. The van der Waals surface area contributed by atoms with Gasteiger partial charge >= 0.3 is 0 Å². The van der Waals surface area contributed by atoms with E-state index in [4.69, 9.17) is 4.98 Å². The Kier molecular flexibility index (Phi) is 5.42. The summed E-state index contributed by atoms with van der Waals surface area (Å²) in [6, 6.07) is 9.94. The van der Waals surface area contributed by atoms with Crippen molar-refractivity contribution < 1.29 is 4.79 Å². The van der Waals surface area contributed by atoms with E-state index >= 15 is 0 Å². The molecular weight excluding hydrogens is 348 g/mol. The molecule has 1 aromatic carbocycles. The van der Waals surface area contributed by atoms with E-state index in [0.29, 0.717) is 13.1 Å². The van der Waals surface area contributed by atoms with Crippen LogP contribution in [-0.4, -0.2) is 40.4 Å². The lowest BCUT2D eigenvalue weighted by molar-refractivity contribution is -0.126. The van der Waals surface area contributed by atoms with Gasteiger partial charge in [0.1, 0.15) is 11.6 Å². The van der Waals surface area contributed by atoms with Crippen molar-refractivity contribution in [1.82, 2.24) is 14.9 Å². The highest BCUT2D eigenvalue weighted by Gasteiger charge is 2.27. The second-order valence-electron chi connectivity index (χ2n) is 7.94. The number of rotatable bonds is 3. The number of aryl methyl sites for hydroxylation is 1. The van der Waals surface area contributed by atoms with Crippen molar-refractivity contribution in [2.45, 2.75) is 39.7 Å². The highest BCUT2D eigenvalue weighted by molar-refractivity contribution is 5.92. The molecule has 1 fully saturated rings. The molecule has 0 aliphatic carbocycles. The fourth-order valence-electron chi connectivity index (χ4n) is 4.02. The van der Waals surface area contributed by atoms with Gasteiger partial charge in [-0.25, -0.2) is 9.97 Å². The SMILES string of the molecule is Cc1nc2c(c(N3CCC(C)CC3)n1)CN(C(=O)/C=C/c1ccccc1)CC2. The Bertz CT molecular complexity index is 870. The molecule has 28 heavy (non-hydrogen) atoms. The van der Waals surface area contributed by atoms with E-state index in [0.717, 1.165) is 53.9 Å². The molecule has 146 valence electrons. The number of nitrogens with zero attached hydrogens (tertiary/aromatic N) is 4. The highest BCUT2D eigenvalue weighted by Crippen LogP contribution is 2.30. The Labute approximate surface area is 167 Å². The van der Waals surface area contributed by atoms with Gasteiger partial charge in [-0.2, -0.15) is 0 Å². The number of hydrogen-bond acceptors (Lipinski definition) is 4. The van der Waals surface area contributed by atoms with Crippen LogP contribution in [0, 0.1) is 12.8 Å². The molecule has 0 saturated carbocycles. The van der Waals surface area contributed by atoms with Gasteiger partial charge in [0, 0.05) is 37.7 Å². The molecule has 2 aliphatic heterocycles. The van der Waals surface area contributed by atoms with Crippen LogP contribution < -0.4 is 4.90 Å². The molecule has 5 nitrogen and oxygen atoms in total. The third-order valence-corrected chi connectivity index (χ3v) is 5.76. The summed E-state index contributed by atoms with van der Waals surface area (Å²) in [5.74, 6) is 2.69. The standard InChI is InChI=1S/C23H28N4O/c1-17-10-13-26(14-11-17)23-20-16-27(15-12-21(20)24-18(2)25-23)22(28)9-8-19-6-4-3-5-7-19/h3-9,17H,10-16H2,1-2H3/b9-8+. The number of carbonyl (C=O) groups excluding carboxylic acids is 1. The van der Waals surface area contributed by atoms with Crippen molar-refractivity contribution in [3.05, 3.63) is 59.1 Å². The van der Waals surface area contributed by atoms with Gasteiger partial charge in [0.15, 0.2) is 0 Å². The van der Waals surface area contributed by atoms with Crippen molar-refractivity contribution in [2.75, 3.05) is 24.5 Å². The maximum atomic E-state index is 12.8. The fourth-order valence-corrected chi connectivity index (χ4v) is 4.02. The number of benzene rings is 1. The lowest BCUT2D eigenvalue weighted by atomic mass is 9.98. The average molecular weight is 377 g/mol. The van der Waals surface area contributed by atoms with Crippen molar-refractivity contribution in [3.8, 4) is 0 Å². The third kappa shape index (κ3) is 4.08. The maximum absolute atomic E-state index is 12.8. The molecule has 0 atom stereocenters. The molecule has 3 heterocycles. The fraction of sp³-hybridized carbons (Fsp3) is 0.435. The lowest BCUT2D eigenvalue weighted by Crippen LogP contribution is -2.39. The first-order valence-corrected chi connectivity index (χ1v) is 10.2. The van der Waals surface area contributed by atoms with Crippen LogP contribution in [0.4, 0.5) is 5.82 Å². The summed E-state index contributed by atoms with van der Waals surface area (Å²) < 4.78 is 0. The quantitative estimate of drug-likeness (QED) is 0.768. The van der Waals surface area contributed by atoms with Crippen molar-refractivity contribution in [2.24, 2.45) is 5.92 Å². The molecule has 5 heteroatoms. The summed E-state index contributed by atoms with van der Waals surface area (Å²) in [7, 11) is 0. The number of anilines is 1. The molecule has 1 aromatic heterocycles. The van der Waals surface area contributed by atoms with Crippen LogP contribution in [0.15, 0.2) is 36.4 Å². The van der Waals surface area contributed by atoms with E-state index in [1.165, 1.54) is 12.8 Å². The average Bonchev–Trinajstić information content (AvgIpc) is 2.72. The largest absolute Gasteiger partial charge is 0.356 e. The second-order valence-corrected chi connectivity index (χ2v) is 7.94.